The Hall–Kier alpha value is -1.96. The van der Waals surface area contributed by atoms with E-state index in [-0.39, 0.29) is 23.8 Å². The van der Waals surface area contributed by atoms with Gasteiger partial charge in [0.1, 0.15) is 0 Å². The predicted octanol–water partition coefficient (Wildman–Crippen LogP) is 6.13. The van der Waals surface area contributed by atoms with Crippen LogP contribution in [0.15, 0.2) is 45.8 Å². The molecule has 1 saturated heterocycles. The molecule has 1 aliphatic heterocycles. The van der Waals surface area contributed by atoms with E-state index in [1.165, 1.54) is 12.0 Å². The van der Waals surface area contributed by atoms with Crippen LogP contribution < -0.4 is 9.47 Å². The number of ether oxygens (including phenoxy) is 2. The Morgan fingerprint density at radius 1 is 1.24 bits per heavy atom. The van der Waals surface area contributed by atoms with Crippen LogP contribution in [0.2, 0.25) is 5.02 Å². The second-order valence-corrected chi connectivity index (χ2v) is 8.81. The van der Waals surface area contributed by atoms with Gasteiger partial charge in [0.15, 0.2) is 11.5 Å². The minimum atomic E-state index is -0.339. The first-order chi connectivity index (χ1) is 13.8. The average molecular weight is 497 g/mol. The summed E-state index contributed by atoms with van der Waals surface area (Å²) in [6.45, 7) is 3.99. The first-order valence-electron chi connectivity index (χ1n) is 8.83. The number of thioether (sulfide) groups is 1. The Labute approximate surface area is 187 Å². The second-order valence-electron chi connectivity index (χ2n) is 6.56. The van der Waals surface area contributed by atoms with Gasteiger partial charge in [0.2, 0.25) is 0 Å². The van der Waals surface area contributed by atoms with E-state index >= 15 is 0 Å². The predicted molar refractivity (Wildman–Crippen MR) is 119 cm³/mol. The molecule has 152 valence electrons. The SMILES string of the molecule is COc1cc(/C=C2\SC(=O)N(Cc3ccccc3Br)C2=O)cc(Cl)c1OC(C)C. The zero-order chi connectivity index (χ0) is 21.1. The third kappa shape index (κ3) is 4.97. The van der Waals surface area contributed by atoms with Crippen molar-refractivity contribution >= 4 is 56.5 Å². The Morgan fingerprint density at radius 3 is 2.62 bits per heavy atom. The Morgan fingerprint density at radius 2 is 1.97 bits per heavy atom. The molecule has 0 aliphatic carbocycles. The molecule has 0 radical (unpaired) electrons. The fraction of sp³-hybridized carbons (Fsp3) is 0.238. The molecule has 3 rings (SSSR count). The minimum absolute atomic E-state index is 0.0685. The molecule has 0 aromatic heterocycles. The monoisotopic (exact) mass is 495 g/mol. The highest BCUT2D eigenvalue weighted by Gasteiger charge is 2.35. The van der Waals surface area contributed by atoms with Crippen molar-refractivity contribution in [2.45, 2.75) is 26.5 Å². The lowest BCUT2D eigenvalue weighted by molar-refractivity contribution is -0.123. The van der Waals surface area contributed by atoms with Crippen LogP contribution in [0.4, 0.5) is 4.79 Å². The molecule has 1 fully saturated rings. The molecule has 8 heteroatoms. The minimum Gasteiger partial charge on any atom is -0.493 e. The van der Waals surface area contributed by atoms with Crippen molar-refractivity contribution in [2.24, 2.45) is 0 Å². The van der Waals surface area contributed by atoms with Crippen molar-refractivity contribution < 1.29 is 19.1 Å². The molecule has 2 aromatic carbocycles. The molecule has 5 nitrogen and oxygen atoms in total. The highest BCUT2D eigenvalue weighted by Crippen LogP contribution is 2.39. The van der Waals surface area contributed by atoms with Crippen molar-refractivity contribution in [1.82, 2.24) is 4.90 Å². The number of benzene rings is 2. The van der Waals surface area contributed by atoms with Crippen LogP contribution in [0.25, 0.3) is 6.08 Å². The van der Waals surface area contributed by atoms with Crippen LogP contribution in [-0.2, 0) is 11.3 Å². The van der Waals surface area contributed by atoms with Gasteiger partial charge in [-0.2, -0.15) is 0 Å². The van der Waals surface area contributed by atoms with E-state index in [9.17, 15) is 9.59 Å². The summed E-state index contributed by atoms with van der Waals surface area (Å²) in [7, 11) is 1.52. The number of hydrogen-bond donors (Lipinski definition) is 0. The smallest absolute Gasteiger partial charge is 0.293 e. The summed E-state index contributed by atoms with van der Waals surface area (Å²) in [5, 5.41) is 0.0616. The lowest BCUT2D eigenvalue weighted by Gasteiger charge is -2.16. The molecule has 0 bridgehead atoms. The van der Waals surface area contributed by atoms with Gasteiger partial charge in [-0.1, -0.05) is 45.7 Å². The Kier molecular flexibility index (Phi) is 6.93. The summed E-state index contributed by atoms with van der Waals surface area (Å²) >= 11 is 10.7. The van der Waals surface area contributed by atoms with Gasteiger partial charge in [-0.05, 0) is 61.0 Å². The van der Waals surface area contributed by atoms with Crippen LogP contribution >= 0.6 is 39.3 Å². The molecule has 0 unspecified atom stereocenters. The van der Waals surface area contributed by atoms with Crippen LogP contribution in [0, 0.1) is 0 Å². The molecule has 2 amide bonds. The number of hydrogen-bond acceptors (Lipinski definition) is 5. The van der Waals surface area contributed by atoms with Crippen LogP contribution in [0.1, 0.15) is 25.0 Å². The second kappa shape index (κ2) is 9.24. The Bertz CT molecular complexity index is 993. The number of nitrogens with zero attached hydrogens (tertiary/aromatic N) is 1. The number of amides is 2. The zero-order valence-electron chi connectivity index (χ0n) is 16.1. The number of methoxy groups -OCH3 is 1. The van der Waals surface area contributed by atoms with Gasteiger partial charge in [0.25, 0.3) is 11.1 Å². The van der Waals surface area contributed by atoms with Gasteiger partial charge in [0, 0.05) is 4.47 Å². The highest BCUT2D eigenvalue weighted by atomic mass is 79.9. The molecule has 2 aromatic rings. The van der Waals surface area contributed by atoms with Crippen LogP contribution in [0.3, 0.4) is 0 Å². The van der Waals surface area contributed by atoms with E-state index in [2.05, 4.69) is 15.9 Å². The van der Waals surface area contributed by atoms with E-state index in [0.29, 0.717) is 27.0 Å². The molecule has 0 N–H and O–H groups in total. The molecule has 29 heavy (non-hydrogen) atoms. The van der Waals surface area contributed by atoms with E-state index in [0.717, 1.165) is 21.8 Å². The van der Waals surface area contributed by atoms with Crippen LogP contribution in [0.5, 0.6) is 11.5 Å². The van der Waals surface area contributed by atoms with E-state index in [1.54, 1.807) is 18.2 Å². The summed E-state index contributed by atoms with van der Waals surface area (Å²) < 4.78 is 11.9. The van der Waals surface area contributed by atoms with Crippen molar-refractivity contribution in [2.75, 3.05) is 7.11 Å². The number of carbonyl (C=O) groups is 2. The molecule has 1 heterocycles. The summed E-state index contributed by atoms with van der Waals surface area (Å²) in [6.07, 6.45) is 1.57. The maximum atomic E-state index is 12.8. The number of halogens is 2. The summed E-state index contributed by atoms with van der Waals surface area (Å²) in [5.74, 6) is 0.571. The van der Waals surface area contributed by atoms with Crippen molar-refractivity contribution in [3.8, 4) is 11.5 Å². The first-order valence-corrected chi connectivity index (χ1v) is 10.8. The quantitative estimate of drug-likeness (QED) is 0.450. The summed E-state index contributed by atoms with van der Waals surface area (Å²) in [6, 6.07) is 10.9. The third-order valence-corrected chi connectivity index (χ3v) is 6.02. The maximum Gasteiger partial charge on any atom is 0.293 e. The molecule has 0 atom stereocenters. The fourth-order valence-corrected chi connectivity index (χ4v) is 4.27. The molecule has 0 spiro atoms. The largest absolute Gasteiger partial charge is 0.493 e. The normalized spacial score (nSPS) is 15.5. The molecule has 0 saturated carbocycles. The fourth-order valence-electron chi connectivity index (χ4n) is 2.76. The summed E-state index contributed by atoms with van der Waals surface area (Å²) in [4.78, 5) is 26.8. The van der Waals surface area contributed by atoms with Gasteiger partial charge in [-0.15, -0.1) is 0 Å². The van der Waals surface area contributed by atoms with Gasteiger partial charge < -0.3 is 9.47 Å². The summed E-state index contributed by atoms with van der Waals surface area (Å²) in [5.41, 5.74) is 1.50. The molecule has 1 aliphatic rings. The number of rotatable bonds is 6. The first kappa shape index (κ1) is 21.7. The molecular weight excluding hydrogens is 478 g/mol. The third-order valence-electron chi connectivity index (χ3n) is 4.06. The van der Waals surface area contributed by atoms with E-state index in [1.807, 2.05) is 38.1 Å². The van der Waals surface area contributed by atoms with Gasteiger partial charge in [-0.3, -0.25) is 14.5 Å². The molecular formula is C21H19BrClNO4S. The number of carbonyl (C=O) groups excluding carboxylic acids is 2. The van der Waals surface area contributed by atoms with Crippen molar-refractivity contribution in [3.63, 3.8) is 0 Å². The zero-order valence-corrected chi connectivity index (χ0v) is 19.2. The van der Waals surface area contributed by atoms with Crippen molar-refractivity contribution in [3.05, 3.63) is 61.9 Å². The van der Waals surface area contributed by atoms with E-state index < -0.39 is 0 Å². The Balaban J connectivity index is 1.87. The standard InChI is InChI=1S/C21H19BrClNO4S/c1-12(2)28-19-16(23)8-13(9-17(19)27-3)10-18-20(25)24(21(26)29-18)11-14-6-4-5-7-15(14)22/h4-10,12H,11H2,1-3H3/b18-10-. The lowest BCUT2D eigenvalue weighted by atomic mass is 10.1. The van der Waals surface area contributed by atoms with Gasteiger partial charge >= 0.3 is 0 Å². The highest BCUT2D eigenvalue weighted by molar-refractivity contribution is 9.10. The lowest BCUT2D eigenvalue weighted by Crippen LogP contribution is -2.27. The van der Waals surface area contributed by atoms with Gasteiger partial charge in [-0.25, -0.2) is 0 Å². The van der Waals surface area contributed by atoms with Crippen LogP contribution in [-0.4, -0.2) is 29.3 Å². The average Bonchev–Trinajstić information content (AvgIpc) is 2.92. The van der Waals surface area contributed by atoms with E-state index in [4.69, 9.17) is 21.1 Å². The maximum absolute atomic E-state index is 12.8. The topological polar surface area (TPSA) is 55.8 Å². The van der Waals surface area contributed by atoms with Gasteiger partial charge in [0.05, 0.1) is 29.7 Å². The number of imide groups is 1. The van der Waals surface area contributed by atoms with Crippen molar-refractivity contribution in [1.29, 1.82) is 0 Å².